The summed E-state index contributed by atoms with van der Waals surface area (Å²) >= 11 is 0. The fourth-order valence-electron chi connectivity index (χ4n) is 2.71. The minimum Gasteiger partial charge on any atom is -0.390 e. The molecule has 0 bridgehead atoms. The van der Waals surface area contributed by atoms with Crippen molar-refractivity contribution in [1.82, 2.24) is 10.2 Å². The molecule has 0 aromatic carbocycles. The first-order valence-electron chi connectivity index (χ1n) is 5.93. The Bertz CT molecular complexity index is 372. The van der Waals surface area contributed by atoms with Crippen LogP contribution in [0.25, 0.3) is 0 Å². The number of aliphatic hydroxyl groups is 1. The zero-order chi connectivity index (χ0) is 11.8. The predicted molar refractivity (Wildman–Crippen MR) is 62.9 cm³/mol. The average Bonchev–Trinajstić information content (AvgIpc) is 2.55. The maximum Gasteiger partial charge on any atom is 0.0885 e. The van der Waals surface area contributed by atoms with Crippen LogP contribution in [0.5, 0.6) is 0 Å². The first-order chi connectivity index (χ1) is 7.49. The van der Waals surface area contributed by atoms with Gasteiger partial charge in [-0.15, -0.1) is 0 Å². The van der Waals surface area contributed by atoms with E-state index in [2.05, 4.69) is 31.0 Å². The second-order valence-electron chi connectivity index (χ2n) is 5.64. The maximum atomic E-state index is 8.96. The molecule has 0 radical (unpaired) electrons. The number of nitrogens with zero attached hydrogens (tertiary/aromatic N) is 2. The van der Waals surface area contributed by atoms with Gasteiger partial charge in [0.05, 0.1) is 18.0 Å². The van der Waals surface area contributed by atoms with E-state index in [1.54, 1.807) is 0 Å². The van der Waals surface area contributed by atoms with Crippen molar-refractivity contribution in [2.24, 2.45) is 5.41 Å². The Hall–Kier alpha value is -0.960. The lowest BCUT2D eigenvalue weighted by Gasteiger charge is -2.37. The van der Waals surface area contributed by atoms with Gasteiger partial charge in [-0.1, -0.05) is 27.2 Å². The van der Waals surface area contributed by atoms with Crippen molar-refractivity contribution in [3.8, 4) is 0 Å². The predicted octanol–water partition coefficient (Wildman–Crippen LogP) is 2.44. The Morgan fingerprint density at radius 3 is 2.38 bits per heavy atom. The number of hydrogen-bond donors (Lipinski definition) is 1. The lowest BCUT2D eigenvalue weighted by atomic mass is 9.67. The lowest BCUT2D eigenvalue weighted by molar-refractivity contribution is 0.216. The van der Waals surface area contributed by atoms with Gasteiger partial charge >= 0.3 is 0 Å². The van der Waals surface area contributed by atoms with E-state index in [-0.39, 0.29) is 17.4 Å². The molecule has 3 heteroatoms. The largest absolute Gasteiger partial charge is 0.390 e. The molecule has 3 nitrogen and oxygen atoms in total. The quantitative estimate of drug-likeness (QED) is 0.832. The van der Waals surface area contributed by atoms with Crippen LogP contribution in [0.3, 0.4) is 0 Å². The molecule has 1 unspecified atom stereocenters. The summed E-state index contributed by atoms with van der Waals surface area (Å²) in [5.74, 6) is 0. The third-order valence-corrected chi connectivity index (χ3v) is 4.42. The summed E-state index contributed by atoms with van der Waals surface area (Å²) in [7, 11) is 0. The highest BCUT2D eigenvalue weighted by molar-refractivity contribution is 5.22. The zero-order valence-electron chi connectivity index (χ0n) is 10.3. The second-order valence-corrected chi connectivity index (χ2v) is 5.64. The summed E-state index contributed by atoms with van der Waals surface area (Å²) in [6.45, 7) is 6.86. The molecule has 0 aliphatic heterocycles. The van der Waals surface area contributed by atoms with Crippen molar-refractivity contribution in [2.45, 2.75) is 52.1 Å². The smallest absolute Gasteiger partial charge is 0.0885 e. The van der Waals surface area contributed by atoms with Crippen LogP contribution in [-0.4, -0.2) is 15.3 Å². The molecule has 1 heterocycles. The van der Waals surface area contributed by atoms with E-state index < -0.39 is 0 Å². The van der Waals surface area contributed by atoms with Crippen LogP contribution in [0.1, 0.15) is 51.4 Å². The molecular weight excluding hydrogens is 200 g/mol. The van der Waals surface area contributed by atoms with Gasteiger partial charge in [-0.2, -0.15) is 10.2 Å². The van der Waals surface area contributed by atoms with Crippen LogP contribution >= 0.6 is 0 Å². The average molecular weight is 220 g/mol. The topological polar surface area (TPSA) is 46.0 Å². The highest BCUT2D eigenvalue weighted by Gasteiger charge is 2.47. The van der Waals surface area contributed by atoms with E-state index >= 15 is 0 Å². The van der Waals surface area contributed by atoms with Gasteiger partial charge in [0.15, 0.2) is 0 Å². The van der Waals surface area contributed by atoms with Crippen molar-refractivity contribution >= 4 is 0 Å². The summed E-state index contributed by atoms with van der Waals surface area (Å²) in [6.07, 6.45) is 3.67. The van der Waals surface area contributed by atoms with Crippen LogP contribution < -0.4 is 0 Å². The van der Waals surface area contributed by atoms with Gasteiger partial charge < -0.3 is 5.11 Å². The summed E-state index contributed by atoms with van der Waals surface area (Å²) in [4.78, 5) is 0. The van der Waals surface area contributed by atoms with Crippen LogP contribution in [-0.2, 0) is 12.0 Å². The van der Waals surface area contributed by atoms with Crippen LogP contribution in [0.2, 0.25) is 0 Å². The Balaban J connectivity index is 2.35. The number of rotatable bonds is 2. The zero-order valence-corrected chi connectivity index (χ0v) is 10.3. The summed E-state index contributed by atoms with van der Waals surface area (Å²) in [5, 5.41) is 17.3. The Labute approximate surface area is 96.9 Å². The van der Waals surface area contributed by atoms with Crippen LogP contribution in [0.4, 0.5) is 0 Å². The van der Waals surface area contributed by atoms with Crippen molar-refractivity contribution in [1.29, 1.82) is 0 Å². The number of hydrogen-bond acceptors (Lipinski definition) is 3. The lowest BCUT2D eigenvalue weighted by Crippen LogP contribution is -2.35. The molecule has 1 aromatic heterocycles. The SMILES string of the molecule is CC1(C)CCCC1(C)c1ccc(CO)nn1. The minimum atomic E-state index is -0.0343. The van der Waals surface area contributed by atoms with Crippen molar-refractivity contribution < 1.29 is 5.11 Å². The molecule has 0 amide bonds. The number of aromatic nitrogens is 2. The van der Waals surface area contributed by atoms with E-state index in [9.17, 15) is 0 Å². The molecule has 1 aliphatic rings. The Morgan fingerprint density at radius 1 is 1.19 bits per heavy atom. The molecule has 2 rings (SSSR count). The van der Waals surface area contributed by atoms with Gasteiger partial charge in [-0.3, -0.25) is 0 Å². The van der Waals surface area contributed by atoms with E-state index in [0.717, 1.165) is 5.69 Å². The van der Waals surface area contributed by atoms with Gasteiger partial charge in [0.1, 0.15) is 0 Å². The Morgan fingerprint density at radius 2 is 1.94 bits per heavy atom. The van der Waals surface area contributed by atoms with Gasteiger partial charge in [0.25, 0.3) is 0 Å². The summed E-state index contributed by atoms with van der Waals surface area (Å²) in [6, 6.07) is 3.90. The minimum absolute atomic E-state index is 0.0343. The molecule has 1 saturated carbocycles. The monoisotopic (exact) mass is 220 g/mol. The third-order valence-electron chi connectivity index (χ3n) is 4.42. The molecule has 1 fully saturated rings. The van der Waals surface area contributed by atoms with Crippen molar-refractivity contribution in [3.63, 3.8) is 0 Å². The normalized spacial score (nSPS) is 28.2. The molecular formula is C13H20N2O. The molecule has 1 aromatic rings. The van der Waals surface area contributed by atoms with E-state index in [4.69, 9.17) is 5.11 Å². The highest BCUT2D eigenvalue weighted by atomic mass is 16.3. The van der Waals surface area contributed by atoms with Crippen LogP contribution in [0, 0.1) is 5.41 Å². The third kappa shape index (κ3) is 1.63. The van der Waals surface area contributed by atoms with Gasteiger partial charge in [0.2, 0.25) is 0 Å². The molecule has 88 valence electrons. The van der Waals surface area contributed by atoms with Crippen LogP contribution in [0.15, 0.2) is 12.1 Å². The summed E-state index contributed by atoms with van der Waals surface area (Å²) in [5.41, 5.74) is 2.10. The van der Waals surface area contributed by atoms with Crippen molar-refractivity contribution in [3.05, 3.63) is 23.5 Å². The molecule has 0 spiro atoms. The standard InChI is InChI=1S/C13H20N2O/c1-12(2)7-4-8-13(12,3)11-6-5-10(9-16)14-15-11/h5-6,16H,4,7-9H2,1-3H3. The molecule has 1 atom stereocenters. The molecule has 0 saturated heterocycles. The summed E-state index contributed by atoms with van der Waals surface area (Å²) < 4.78 is 0. The van der Waals surface area contributed by atoms with Gasteiger partial charge in [-0.05, 0) is 30.4 Å². The first-order valence-corrected chi connectivity index (χ1v) is 5.93. The highest BCUT2D eigenvalue weighted by Crippen LogP contribution is 2.52. The number of aliphatic hydroxyl groups excluding tert-OH is 1. The van der Waals surface area contributed by atoms with Crippen molar-refractivity contribution in [2.75, 3.05) is 0 Å². The van der Waals surface area contributed by atoms with Gasteiger partial charge in [-0.25, -0.2) is 0 Å². The Kier molecular flexibility index (Phi) is 2.74. The van der Waals surface area contributed by atoms with E-state index in [0.29, 0.717) is 5.69 Å². The fourth-order valence-corrected chi connectivity index (χ4v) is 2.71. The van der Waals surface area contributed by atoms with E-state index in [1.165, 1.54) is 19.3 Å². The fraction of sp³-hybridized carbons (Fsp3) is 0.692. The maximum absolute atomic E-state index is 8.96. The molecule has 1 N–H and O–H groups in total. The first kappa shape index (κ1) is 11.5. The molecule has 1 aliphatic carbocycles. The second kappa shape index (κ2) is 3.81. The van der Waals surface area contributed by atoms with E-state index in [1.807, 2.05) is 12.1 Å². The molecule has 16 heavy (non-hydrogen) atoms. The van der Waals surface area contributed by atoms with Gasteiger partial charge in [0, 0.05) is 5.41 Å².